The zero-order chi connectivity index (χ0) is 16.7. The Morgan fingerprint density at radius 1 is 1.13 bits per heavy atom. The molecule has 23 heavy (non-hydrogen) atoms. The Morgan fingerprint density at radius 3 is 2.52 bits per heavy atom. The minimum atomic E-state index is -0.845. The van der Waals surface area contributed by atoms with Gasteiger partial charge in [0.05, 0.1) is 6.21 Å². The summed E-state index contributed by atoms with van der Waals surface area (Å²) in [5, 5.41) is 6.80. The number of rotatable bonds is 4. The van der Waals surface area contributed by atoms with Crippen LogP contribution in [0.4, 0.5) is 5.69 Å². The number of carbonyl (C=O) groups is 2. The number of carbonyl (C=O) groups excluding carboxylic acids is 2. The first kappa shape index (κ1) is 16.7. The third-order valence-corrected chi connectivity index (χ3v) is 3.29. The molecule has 0 aliphatic heterocycles. The fourth-order valence-electron chi connectivity index (χ4n) is 1.81. The topological polar surface area (TPSA) is 70.6 Å². The molecule has 0 saturated heterocycles. The van der Waals surface area contributed by atoms with E-state index in [9.17, 15) is 9.59 Å². The van der Waals surface area contributed by atoms with Crippen LogP contribution in [-0.4, -0.2) is 18.0 Å². The number of halogens is 1. The summed E-state index contributed by atoms with van der Waals surface area (Å²) < 4.78 is 0. The summed E-state index contributed by atoms with van der Waals surface area (Å²) in [6, 6.07) is 14.2. The van der Waals surface area contributed by atoms with Crippen LogP contribution in [0.15, 0.2) is 53.6 Å². The van der Waals surface area contributed by atoms with Gasteiger partial charge in [0.15, 0.2) is 0 Å². The second kappa shape index (κ2) is 8.10. The van der Waals surface area contributed by atoms with E-state index in [0.717, 1.165) is 12.0 Å². The normalized spacial score (nSPS) is 10.5. The van der Waals surface area contributed by atoms with E-state index >= 15 is 0 Å². The van der Waals surface area contributed by atoms with Crippen molar-refractivity contribution in [3.8, 4) is 0 Å². The predicted molar refractivity (Wildman–Crippen MR) is 91.6 cm³/mol. The van der Waals surface area contributed by atoms with Crippen molar-refractivity contribution < 1.29 is 9.59 Å². The fraction of sp³-hybridized carbons (Fsp3) is 0.118. The van der Waals surface area contributed by atoms with E-state index in [1.807, 2.05) is 19.1 Å². The molecule has 0 aliphatic carbocycles. The maximum absolute atomic E-state index is 11.7. The van der Waals surface area contributed by atoms with Gasteiger partial charge in [-0.3, -0.25) is 9.59 Å². The summed E-state index contributed by atoms with van der Waals surface area (Å²) in [7, 11) is 0. The molecule has 0 fully saturated rings. The van der Waals surface area contributed by atoms with E-state index in [-0.39, 0.29) is 0 Å². The Balaban J connectivity index is 1.88. The number of hydrogen-bond acceptors (Lipinski definition) is 3. The van der Waals surface area contributed by atoms with E-state index in [4.69, 9.17) is 11.6 Å². The first-order valence-electron chi connectivity index (χ1n) is 7.07. The summed E-state index contributed by atoms with van der Waals surface area (Å²) >= 11 is 5.84. The molecule has 2 rings (SSSR count). The van der Waals surface area contributed by atoms with Crippen molar-refractivity contribution in [1.29, 1.82) is 0 Å². The van der Waals surface area contributed by atoms with Crippen LogP contribution < -0.4 is 10.7 Å². The third kappa shape index (κ3) is 5.23. The minimum Gasteiger partial charge on any atom is -0.318 e. The number of nitrogens with one attached hydrogen (secondary N) is 2. The number of hydrazone groups is 1. The lowest BCUT2D eigenvalue weighted by molar-refractivity contribution is -0.136. The molecular weight excluding hydrogens is 314 g/mol. The fourth-order valence-corrected chi connectivity index (χ4v) is 2.01. The lowest BCUT2D eigenvalue weighted by Gasteiger charge is -2.04. The number of amides is 2. The molecule has 0 atom stereocenters. The Labute approximate surface area is 139 Å². The van der Waals surface area contributed by atoms with Crippen LogP contribution >= 0.6 is 11.6 Å². The second-order valence-corrected chi connectivity index (χ2v) is 5.20. The van der Waals surface area contributed by atoms with E-state index in [1.165, 1.54) is 6.21 Å². The average Bonchev–Trinajstić information content (AvgIpc) is 2.55. The van der Waals surface area contributed by atoms with Gasteiger partial charge >= 0.3 is 11.8 Å². The molecule has 0 heterocycles. The third-order valence-electron chi connectivity index (χ3n) is 3.05. The molecule has 2 amide bonds. The van der Waals surface area contributed by atoms with Crippen molar-refractivity contribution in [2.24, 2.45) is 5.10 Å². The molecule has 0 bridgehead atoms. The van der Waals surface area contributed by atoms with Gasteiger partial charge in [-0.25, -0.2) is 5.43 Å². The van der Waals surface area contributed by atoms with Crippen LogP contribution in [0.25, 0.3) is 0 Å². The van der Waals surface area contributed by atoms with E-state index in [2.05, 4.69) is 15.8 Å². The molecule has 2 aromatic carbocycles. The van der Waals surface area contributed by atoms with Gasteiger partial charge in [0.25, 0.3) is 0 Å². The predicted octanol–water partition coefficient (Wildman–Crippen LogP) is 2.99. The average molecular weight is 330 g/mol. The molecule has 118 valence electrons. The Hall–Kier alpha value is -2.66. The highest BCUT2D eigenvalue weighted by molar-refractivity contribution is 6.39. The van der Waals surface area contributed by atoms with Crippen molar-refractivity contribution in [1.82, 2.24) is 5.43 Å². The second-order valence-electron chi connectivity index (χ2n) is 4.76. The van der Waals surface area contributed by atoms with Crippen LogP contribution in [0.1, 0.15) is 18.1 Å². The molecule has 0 unspecified atom stereocenters. The van der Waals surface area contributed by atoms with Crippen molar-refractivity contribution >= 4 is 35.3 Å². The van der Waals surface area contributed by atoms with Crippen LogP contribution in [0, 0.1) is 0 Å². The van der Waals surface area contributed by atoms with Gasteiger partial charge in [0, 0.05) is 10.7 Å². The quantitative estimate of drug-likeness (QED) is 0.514. The van der Waals surface area contributed by atoms with Crippen molar-refractivity contribution in [3.05, 3.63) is 64.7 Å². The summed E-state index contributed by atoms with van der Waals surface area (Å²) in [5.41, 5.74) is 4.59. The van der Waals surface area contributed by atoms with Crippen molar-refractivity contribution in [3.63, 3.8) is 0 Å². The van der Waals surface area contributed by atoms with Crippen LogP contribution in [0.2, 0.25) is 5.02 Å². The van der Waals surface area contributed by atoms with Crippen LogP contribution in [-0.2, 0) is 16.0 Å². The highest BCUT2D eigenvalue weighted by Gasteiger charge is 2.12. The number of nitrogens with zero attached hydrogens (tertiary/aromatic N) is 1. The Kier molecular flexibility index (Phi) is 5.88. The van der Waals surface area contributed by atoms with Gasteiger partial charge in [0.1, 0.15) is 0 Å². The van der Waals surface area contributed by atoms with Crippen molar-refractivity contribution in [2.75, 3.05) is 5.32 Å². The van der Waals surface area contributed by atoms with Crippen molar-refractivity contribution in [2.45, 2.75) is 13.3 Å². The summed E-state index contributed by atoms with van der Waals surface area (Å²) in [6.45, 7) is 2.04. The van der Waals surface area contributed by atoms with Gasteiger partial charge in [-0.2, -0.15) is 5.10 Å². The summed E-state index contributed by atoms with van der Waals surface area (Å²) in [4.78, 5) is 23.4. The summed E-state index contributed by atoms with van der Waals surface area (Å²) in [5.74, 6) is -1.62. The molecule has 0 aliphatic rings. The van der Waals surface area contributed by atoms with Gasteiger partial charge in [-0.05, 0) is 41.8 Å². The summed E-state index contributed by atoms with van der Waals surface area (Å²) in [6.07, 6.45) is 2.32. The number of aryl methyl sites for hydroxylation is 1. The Morgan fingerprint density at radius 2 is 1.87 bits per heavy atom. The molecule has 2 aromatic rings. The van der Waals surface area contributed by atoms with Gasteiger partial charge < -0.3 is 5.32 Å². The molecule has 0 saturated carbocycles. The van der Waals surface area contributed by atoms with E-state index < -0.39 is 11.8 Å². The molecule has 5 nitrogen and oxygen atoms in total. The molecular formula is C17H16ClN3O2. The monoisotopic (exact) mass is 329 g/mol. The maximum Gasteiger partial charge on any atom is 0.329 e. The number of hydrogen-bond donors (Lipinski definition) is 2. The Bertz CT molecular complexity index is 727. The molecule has 0 spiro atoms. The maximum atomic E-state index is 11.7. The lowest BCUT2D eigenvalue weighted by Crippen LogP contribution is -2.32. The van der Waals surface area contributed by atoms with E-state index in [0.29, 0.717) is 16.3 Å². The van der Waals surface area contributed by atoms with Crippen LogP contribution in [0.3, 0.4) is 0 Å². The standard InChI is InChI=1S/C17H16ClN3O2/c1-2-12-6-8-15(9-7-12)20-16(22)17(23)21-19-11-13-4-3-5-14(18)10-13/h3-11H,2H2,1H3,(H,20,22)(H,21,23)/b19-11-. The number of anilines is 1. The zero-order valence-corrected chi connectivity index (χ0v) is 13.3. The van der Waals surface area contributed by atoms with Gasteiger partial charge in [-0.15, -0.1) is 0 Å². The first-order valence-corrected chi connectivity index (χ1v) is 7.45. The largest absolute Gasteiger partial charge is 0.329 e. The SMILES string of the molecule is CCc1ccc(NC(=O)C(=O)N/N=C\c2cccc(Cl)c2)cc1. The van der Waals surface area contributed by atoms with E-state index in [1.54, 1.807) is 36.4 Å². The molecule has 0 radical (unpaired) electrons. The molecule has 0 aromatic heterocycles. The van der Waals surface area contributed by atoms with Gasteiger partial charge in [0.2, 0.25) is 0 Å². The highest BCUT2D eigenvalue weighted by atomic mass is 35.5. The van der Waals surface area contributed by atoms with Gasteiger partial charge in [-0.1, -0.05) is 42.8 Å². The molecule has 2 N–H and O–H groups in total. The van der Waals surface area contributed by atoms with Crippen LogP contribution in [0.5, 0.6) is 0 Å². The number of benzene rings is 2. The smallest absolute Gasteiger partial charge is 0.318 e. The first-order chi connectivity index (χ1) is 11.1. The highest BCUT2D eigenvalue weighted by Crippen LogP contribution is 2.10. The molecule has 6 heteroatoms. The minimum absolute atomic E-state index is 0.557. The zero-order valence-electron chi connectivity index (χ0n) is 12.5. The lowest BCUT2D eigenvalue weighted by atomic mass is 10.1.